The number of hydrogen-bond acceptors (Lipinski definition) is 4. The summed E-state index contributed by atoms with van der Waals surface area (Å²) in [5.74, 6) is -0.0353. The summed E-state index contributed by atoms with van der Waals surface area (Å²) in [5.41, 5.74) is 0.457. The highest BCUT2D eigenvalue weighted by Gasteiger charge is 2.14. The highest BCUT2D eigenvalue weighted by Crippen LogP contribution is 2.27. The van der Waals surface area contributed by atoms with Gasteiger partial charge in [0.1, 0.15) is 11.5 Å². The maximum atomic E-state index is 10.5. The molecular weight excluding hydrogens is 212 g/mol. The van der Waals surface area contributed by atoms with Gasteiger partial charge in [0.25, 0.3) is 0 Å². The largest absolute Gasteiger partial charge is 0.497 e. The van der Waals surface area contributed by atoms with Gasteiger partial charge < -0.3 is 19.7 Å². The first kappa shape index (κ1) is 12.3. The van der Waals surface area contributed by atoms with Gasteiger partial charge in [0.05, 0.1) is 26.7 Å². The quantitative estimate of drug-likeness (QED) is 0.789. The van der Waals surface area contributed by atoms with Crippen LogP contribution in [0.2, 0.25) is 0 Å². The summed E-state index contributed by atoms with van der Waals surface area (Å²) in [7, 11) is 2.98. The number of methoxy groups -OCH3 is 2. The van der Waals surface area contributed by atoms with Crippen LogP contribution in [0, 0.1) is 0 Å². The standard InChI is InChI=1S/C11H14O5/c1-15-8-3-7(4-9(5-8)16-2)10(12)6-11(13)14/h3-5,10,12H,6H2,1-2H3,(H,13,14)/t10-/m1/s1. The molecule has 0 saturated heterocycles. The number of carboxylic acids is 1. The van der Waals surface area contributed by atoms with E-state index in [2.05, 4.69) is 0 Å². The molecule has 5 heteroatoms. The van der Waals surface area contributed by atoms with Crippen LogP contribution < -0.4 is 9.47 Å². The SMILES string of the molecule is COc1cc(OC)cc([C@H](O)CC(=O)O)c1. The van der Waals surface area contributed by atoms with Crippen LogP contribution in [0.15, 0.2) is 18.2 Å². The van der Waals surface area contributed by atoms with Crippen molar-refractivity contribution in [3.05, 3.63) is 23.8 Å². The van der Waals surface area contributed by atoms with Crippen molar-refractivity contribution in [3.63, 3.8) is 0 Å². The molecule has 0 aliphatic rings. The molecule has 1 atom stereocenters. The molecule has 0 bridgehead atoms. The average Bonchev–Trinajstić information content (AvgIpc) is 2.27. The number of aliphatic hydroxyl groups is 1. The van der Waals surface area contributed by atoms with Crippen LogP contribution in [0.1, 0.15) is 18.1 Å². The molecule has 0 aliphatic heterocycles. The summed E-state index contributed by atoms with van der Waals surface area (Å²) in [6, 6.07) is 4.81. The normalized spacial score (nSPS) is 11.9. The monoisotopic (exact) mass is 226 g/mol. The second kappa shape index (κ2) is 5.37. The van der Waals surface area contributed by atoms with Crippen molar-refractivity contribution in [1.82, 2.24) is 0 Å². The van der Waals surface area contributed by atoms with Gasteiger partial charge in [-0.3, -0.25) is 4.79 Å². The minimum absolute atomic E-state index is 0.351. The molecule has 2 N–H and O–H groups in total. The second-order valence-electron chi connectivity index (χ2n) is 3.26. The predicted molar refractivity (Wildman–Crippen MR) is 56.8 cm³/mol. The van der Waals surface area contributed by atoms with E-state index in [1.165, 1.54) is 14.2 Å². The van der Waals surface area contributed by atoms with E-state index in [4.69, 9.17) is 14.6 Å². The second-order valence-corrected chi connectivity index (χ2v) is 3.26. The van der Waals surface area contributed by atoms with E-state index in [-0.39, 0.29) is 6.42 Å². The molecule has 0 heterocycles. The molecule has 0 radical (unpaired) electrons. The number of aliphatic hydroxyl groups excluding tert-OH is 1. The van der Waals surface area contributed by atoms with E-state index < -0.39 is 12.1 Å². The Labute approximate surface area is 93.2 Å². The van der Waals surface area contributed by atoms with Gasteiger partial charge in [-0.25, -0.2) is 0 Å². The summed E-state index contributed by atoms with van der Waals surface area (Å²) in [5, 5.41) is 18.2. The Hall–Kier alpha value is -1.75. The number of benzene rings is 1. The van der Waals surface area contributed by atoms with Gasteiger partial charge in [-0.2, -0.15) is 0 Å². The molecule has 0 aliphatic carbocycles. The summed E-state index contributed by atoms with van der Waals surface area (Å²) >= 11 is 0. The van der Waals surface area contributed by atoms with Gasteiger partial charge in [0, 0.05) is 6.07 Å². The first-order valence-electron chi connectivity index (χ1n) is 4.69. The molecule has 5 nitrogen and oxygen atoms in total. The van der Waals surface area contributed by atoms with Crippen molar-refractivity contribution in [2.24, 2.45) is 0 Å². The van der Waals surface area contributed by atoms with Gasteiger partial charge in [-0.05, 0) is 17.7 Å². The van der Waals surface area contributed by atoms with Crippen molar-refractivity contribution in [2.75, 3.05) is 14.2 Å². The Bertz CT molecular complexity index is 352. The zero-order valence-electron chi connectivity index (χ0n) is 9.14. The Morgan fingerprint density at radius 3 is 2.12 bits per heavy atom. The maximum absolute atomic E-state index is 10.5. The molecule has 0 spiro atoms. The van der Waals surface area contributed by atoms with Crippen LogP contribution in [0.25, 0.3) is 0 Å². The first-order valence-corrected chi connectivity index (χ1v) is 4.69. The Morgan fingerprint density at radius 1 is 1.25 bits per heavy atom. The van der Waals surface area contributed by atoms with E-state index in [1.807, 2.05) is 0 Å². The Morgan fingerprint density at radius 2 is 1.75 bits per heavy atom. The lowest BCUT2D eigenvalue weighted by molar-refractivity contribution is -0.139. The fourth-order valence-electron chi connectivity index (χ4n) is 1.31. The van der Waals surface area contributed by atoms with Crippen LogP contribution in [0.3, 0.4) is 0 Å². The highest BCUT2D eigenvalue weighted by atomic mass is 16.5. The van der Waals surface area contributed by atoms with Gasteiger partial charge in [0.2, 0.25) is 0 Å². The third kappa shape index (κ3) is 3.13. The van der Waals surface area contributed by atoms with Crippen molar-refractivity contribution in [1.29, 1.82) is 0 Å². The van der Waals surface area contributed by atoms with Gasteiger partial charge in [0.15, 0.2) is 0 Å². The van der Waals surface area contributed by atoms with Crippen LogP contribution in [0.4, 0.5) is 0 Å². The minimum Gasteiger partial charge on any atom is -0.497 e. The van der Waals surface area contributed by atoms with E-state index >= 15 is 0 Å². The van der Waals surface area contributed by atoms with Crippen molar-refractivity contribution < 1.29 is 24.5 Å². The Balaban J connectivity index is 2.97. The van der Waals surface area contributed by atoms with Gasteiger partial charge in [-0.1, -0.05) is 0 Å². The lowest BCUT2D eigenvalue weighted by Gasteiger charge is -2.12. The van der Waals surface area contributed by atoms with Crippen molar-refractivity contribution in [2.45, 2.75) is 12.5 Å². The van der Waals surface area contributed by atoms with Crippen LogP contribution >= 0.6 is 0 Å². The summed E-state index contributed by atoms with van der Waals surface area (Å²) < 4.78 is 10.0. The molecule has 16 heavy (non-hydrogen) atoms. The lowest BCUT2D eigenvalue weighted by atomic mass is 10.1. The van der Waals surface area contributed by atoms with Crippen LogP contribution in [-0.2, 0) is 4.79 Å². The molecule has 0 fully saturated rings. The molecule has 0 amide bonds. The molecule has 1 rings (SSSR count). The number of carboxylic acid groups (broad SMARTS) is 1. The first-order chi connectivity index (χ1) is 7.56. The van der Waals surface area contributed by atoms with Crippen molar-refractivity contribution >= 4 is 5.97 Å². The van der Waals surface area contributed by atoms with Crippen LogP contribution in [-0.4, -0.2) is 30.4 Å². The van der Waals surface area contributed by atoms with Gasteiger partial charge >= 0.3 is 5.97 Å². The molecular formula is C11H14O5. The number of rotatable bonds is 5. The third-order valence-corrected chi connectivity index (χ3v) is 2.13. The summed E-state index contributed by atoms with van der Waals surface area (Å²) in [6.07, 6.45) is -1.42. The maximum Gasteiger partial charge on any atom is 0.306 e. The van der Waals surface area contributed by atoms with E-state index in [0.717, 1.165) is 0 Å². The van der Waals surface area contributed by atoms with E-state index in [9.17, 15) is 9.90 Å². The number of carbonyl (C=O) groups is 1. The zero-order chi connectivity index (χ0) is 12.1. The Kier molecular flexibility index (Phi) is 4.13. The van der Waals surface area contributed by atoms with Crippen LogP contribution in [0.5, 0.6) is 11.5 Å². The molecule has 0 unspecified atom stereocenters. The fraction of sp³-hybridized carbons (Fsp3) is 0.364. The minimum atomic E-state index is -1.07. The number of ether oxygens (including phenoxy) is 2. The zero-order valence-corrected chi connectivity index (χ0v) is 9.14. The number of aliphatic carboxylic acids is 1. The highest BCUT2D eigenvalue weighted by molar-refractivity contribution is 5.67. The predicted octanol–water partition coefficient (Wildman–Crippen LogP) is 1.21. The topological polar surface area (TPSA) is 76.0 Å². The molecule has 1 aromatic rings. The molecule has 1 aromatic carbocycles. The lowest BCUT2D eigenvalue weighted by Crippen LogP contribution is -2.05. The van der Waals surface area contributed by atoms with Gasteiger partial charge in [-0.15, -0.1) is 0 Å². The van der Waals surface area contributed by atoms with Crippen molar-refractivity contribution in [3.8, 4) is 11.5 Å². The number of hydrogen-bond donors (Lipinski definition) is 2. The smallest absolute Gasteiger partial charge is 0.306 e. The molecule has 0 saturated carbocycles. The van der Waals surface area contributed by atoms with E-state index in [1.54, 1.807) is 18.2 Å². The molecule has 88 valence electrons. The fourth-order valence-corrected chi connectivity index (χ4v) is 1.31. The summed E-state index contributed by atoms with van der Waals surface area (Å²) in [6.45, 7) is 0. The molecule has 0 aromatic heterocycles. The average molecular weight is 226 g/mol. The summed E-state index contributed by atoms with van der Waals surface area (Å²) in [4.78, 5) is 10.5. The third-order valence-electron chi connectivity index (χ3n) is 2.13. The van der Waals surface area contributed by atoms with E-state index in [0.29, 0.717) is 17.1 Å².